The first-order chi connectivity index (χ1) is 9.65. The Hall–Kier alpha value is -1.78. The molecule has 0 atom stereocenters. The molecule has 0 amide bonds. The smallest absolute Gasteiger partial charge is 0.129 e. The maximum absolute atomic E-state index is 13.6. The summed E-state index contributed by atoms with van der Waals surface area (Å²) < 4.78 is 18.8. The van der Waals surface area contributed by atoms with Crippen molar-refractivity contribution in [2.75, 3.05) is 12.4 Å². The highest BCUT2D eigenvalue weighted by Crippen LogP contribution is 2.24. The van der Waals surface area contributed by atoms with Crippen LogP contribution in [-0.2, 0) is 13.2 Å². The third-order valence-electron chi connectivity index (χ3n) is 2.98. The van der Waals surface area contributed by atoms with Gasteiger partial charge < -0.3 is 15.2 Å². The Labute approximate surface area is 122 Å². The monoisotopic (exact) mass is 295 g/mol. The van der Waals surface area contributed by atoms with Crippen molar-refractivity contribution in [2.45, 2.75) is 13.2 Å². The highest BCUT2D eigenvalue weighted by atomic mass is 35.5. The van der Waals surface area contributed by atoms with Crippen molar-refractivity contribution in [3.63, 3.8) is 0 Å². The van der Waals surface area contributed by atoms with Crippen LogP contribution in [0.5, 0.6) is 5.75 Å². The summed E-state index contributed by atoms with van der Waals surface area (Å²) in [4.78, 5) is 0. The third kappa shape index (κ3) is 3.21. The summed E-state index contributed by atoms with van der Waals surface area (Å²) >= 11 is 5.96. The summed E-state index contributed by atoms with van der Waals surface area (Å²) in [7, 11) is 1.54. The molecule has 2 rings (SSSR count). The number of methoxy groups -OCH3 is 1. The zero-order valence-electron chi connectivity index (χ0n) is 11.0. The fraction of sp³-hybridized carbons (Fsp3) is 0.200. The van der Waals surface area contributed by atoms with Gasteiger partial charge >= 0.3 is 0 Å². The van der Waals surface area contributed by atoms with Gasteiger partial charge in [-0.1, -0.05) is 17.7 Å². The summed E-state index contributed by atoms with van der Waals surface area (Å²) in [6, 6.07) is 9.89. The van der Waals surface area contributed by atoms with Crippen molar-refractivity contribution in [2.24, 2.45) is 0 Å². The van der Waals surface area contributed by atoms with Gasteiger partial charge in [-0.2, -0.15) is 0 Å². The molecule has 0 aliphatic heterocycles. The molecule has 106 valence electrons. The molecule has 2 aromatic rings. The van der Waals surface area contributed by atoms with E-state index in [4.69, 9.17) is 16.3 Å². The Morgan fingerprint density at radius 1 is 1.30 bits per heavy atom. The summed E-state index contributed by atoms with van der Waals surface area (Å²) in [5.74, 6) is 0.267. The average Bonchev–Trinajstić information content (AvgIpc) is 2.46. The summed E-state index contributed by atoms with van der Waals surface area (Å²) in [5, 5.41) is 12.7. The van der Waals surface area contributed by atoms with E-state index in [1.807, 2.05) is 0 Å². The fourth-order valence-corrected chi connectivity index (χ4v) is 2.13. The van der Waals surface area contributed by atoms with E-state index in [1.165, 1.54) is 6.07 Å². The lowest BCUT2D eigenvalue weighted by Gasteiger charge is -2.12. The Bertz CT molecular complexity index is 584. The number of rotatable bonds is 5. The topological polar surface area (TPSA) is 41.5 Å². The van der Waals surface area contributed by atoms with Gasteiger partial charge in [-0.3, -0.25) is 0 Å². The molecule has 2 N–H and O–H groups in total. The number of hydrogen-bond acceptors (Lipinski definition) is 3. The number of hydrogen-bond donors (Lipinski definition) is 2. The molecule has 0 heterocycles. The van der Waals surface area contributed by atoms with Crippen LogP contribution < -0.4 is 10.1 Å². The molecule has 0 fully saturated rings. The van der Waals surface area contributed by atoms with Gasteiger partial charge in [0.1, 0.15) is 11.6 Å². The first kappa shape index (κ1) is 14.6. The van der Waals surface area contributed by atoms with Crippen molar-refractivity contribution < 1.29 is 14.2 Å². The summed E-state index contributed by atoms with van der Waals surface area (Å²) in [5.41, 5.74) is 1.84. The number of halogens is 2. The van der Waals surface area contributed by atoms with Crippen molar-refractivity contribution in [3.8, 4) is 5.75 Å². The number of benzene rings is 2. The first-order valence-electron chi connectivity index (χ1n) is 6.10. The lowest BCUT2D eigenvalue weighted by Crippen LogP contribution is -2.03. The van der Waals surface area contributed by atoms with Crippen LogP contribution >= 0.6 is 11.6 Å². The van der Waals surface area contributed by atoms with Crippen LogP contribution in [0.15, 0.2) is 36.4 Å². The van der Waals surface area contributed by atoms with Crippen molar-refractivity contribution in [1.82, 2.24) is 0 Å². The Morgan fingerprint density at radius 2 is 2.10 bits per heavy atom. The SMILES string of the molecule is COc1ccc(NCc2c(F)cccc2Cl)cc1CO. The minimum atomic E-state index is -0.346. The van der Waals surface area contributed by atoms with E-state index in [1.54, 1.807) is 37.4 Å². The van der Waals surface area contributed by atoms with Crippen LogP contribution in [0.2, 0.25) is 5.02 Å². The standard InChI is InChI=1S/C15H15ClFNO2/c1-20-15-6-5-11(7-10(15)9-19)18-8-12-13(16)3-2-4-14(12)17/h2-7,18-19H,8-9H2,1H3. The van der Waals surface area contributed by atoms with E-state index >= 15 is 0 Å². The summed E-state index contributed by atoms with van der Waals surface area (Å²) in [6.45, 7) is 0.141. The number of aliphatic hydroxyl groups excluding tert-OH is 1. The predicted octanol–water partition coefficient (Wildman–Crippen LogP) is 3.59. The molecule has 0 radical (unpaired) electrons. The van der Waals surface area contributed by atoms with Gasteiger partial charge in [0.25, 0.3) is 0 Å². The highest BCUT2D eigenvalue weighted by molar-refractivity contribution is 6.31. The number of anilines is 1. The highest BCUT2D eigenvalue weighted by Gasteiger charge is 2.08. The molecule has 3 nitrogen and oxygen atoms in total. The lowest BCUT2D eigenvalue weighted by atomic mass is 10.1. The van der Waals surface area contributed by atoms with Crippen LogP contribution in [0.4, 0.5) is 10.1 Å². The molecule has 0 aromatic heterocycles. The van der Waals surface area contributed by atoms with Crippen molar-refractivity contribution in [3.05, 3.63) is 58.4 Å². The quantitative estimate of drug-likeness (QED) is 0.886. The van der Waals surface area contributed by atoms with Crippen LogP contribution in [0, 0.1) is 5.82 Å². The summed E-state index contributed by atoms with van der Waals surface area (Å²) in [6.07, 6.45) is 0. The van der Waals surface area contributed by atoms with E-state index in [9.17, 15) is 9.50 Å². The normalized spacial score (nSPS) is 10.4. The Morgan fingerprint density at radius 3 is 2.75 bits per heavy atom. The van der Waals surface area contributed by atoms with Crippen molar-refractivity contribution >= 4 is 17.3 Å². The molecule has 0 saturated carbocycles. The van der Waals surface area contributed by atoms with Gasteiger partial charge in [0.05, 0.1) is 13.7 Å². The lowest BCUT2D eigenvalue weighted by molar-refractivity contribution is 0.274. The zero-order chi connectivity index (χ0) is 14.5. The van der Waals surface area contributed by atoms with Gasteiger partial charge in [-0.05, 0) is 30.3 Å². The minimum Gasteiger partial charge on any atom is -0.496 e. The maximum Gasteiger partial charge on any atom is 0.129 e. The average molecular weight is 296 g/mol. The molecular formula is C15H15ClFNO2. The number of aliphatic hydroxyl groups is 1. The van der Waals surface area contributed by atoms with Crippen LogP contribution in [0.3, 0.4) is 0 Å². The predicted molar refractivity (Wildman–Crippen MR) is 77.7 cm³/mol. The Balaban J connectivity index is 2.15. The molecule has 0 aliphatic carbocycles. The molecule has 0 spiro atoms. The molecule has 0 aliphatic rings. The minimum absolute atomic E-state index is 0.126. The van der Waals surface area contributed by atoms with Gasteiger partial charge in [-0.25, -0.2) is 4.39 Å². The largest absolute Gasteiger partial charge is 0.496 e. The second-order valence-corrected chi connectivity index (χ2v) is 4.65. The second kappa shape index (κ2) is 6.59. The van der Waals surface area contributed by atoms with Crippen LogP contribution in [0.1, 0.15) is 11.1 Å². The molecule has 0 bridgehead atoms. The molecule has 5 heteroatoms. The van der Waals surface area contributed by atoms with Gasteiger partial charge in [0, 0.05) is 28.4 Å². The first-order valence-corrected chi connectivity index (χ1v) is 6.48. The molecule has 0 unspecified atom stereocenters. The van der Waals surface area contributed by atoms with E-state index in [2.05, 4.69) is 5.32 Å². The number of nitrogens with one attached hydrogen (secondary N) is 1. The molecular weight excluding hydrogens is 281 g/mol. The second-order valence-electron chi connectivity index (χ2n) is 4.24. The van der Waals surface area contributed by atoms with Crippen LogP contribution in [0.25, 0.3) is 0 Å². The third-order valence-corrected chi connectivity index (χ3v) is 3.34. The van der Waals surface area contributed by atoms with Gasteiger partial charge in [-0.15, -0.1) is 0 Å². The maximum atomic E-state index is 13.6. The van der Waals surface area contributed by atoms with Gasteiger partial charge in [0.15, 0.2) is 0 Å². The molecule has 2 aromatic carbocycles. The van der Waals surface area contributed by atoms with E-state index in [0.717, 1.165) is 5.69 Å². The van der Waals surface area contributed by atoms with E-state index in [0.29, 0.717) is 21.9 Å². The van der Waals surface area contributed by atoms with E-state index in [-0.39, 0.29) is 19.0 Å². The Kier molecular flexibility index (Phi) is 4.82. The zero-order valence-corrected chi connectivity index (χ0v) is 11.7. The number of ether oxygens (including phenoxy) is 1. The molecule has 20 heavy (non-hydrogen) atoms. The fourth-order valence-electron chi connectivity index (χ4n) is 1.90. The van der Waals surface area contributed by atoms with E-state index < -0.39 is 0 Å². The van der Waals surface area contributed by atoms with Crippen molar-refractivity contribution in [1.29, 1.82) is 0 Å². The molecule has 0 saturated heterocycles. The van der Waals surface area contributed by atoms with Crippen LogP contribution in [-0.4, -0.2) is 12.2 Å². The van der Waals surface area contributed by atoms with Gasteiger partial charge in [0.2, 0.25) is 0 Å².